The molecule has 0 saturated heterocycles. The van der Waals surface area contributed by atoms with Gasteiger partial charge in [-0.2, -0.15) is 0 Å². The summed E-state index contributed by atoms with van der Waals surface area (Å²) in [6.07, 6.45) is 3.39. The fourth-order valence-corrected chi connectivity index (χ4v) is 0.994. The molecular weight excluding hydrogens is 208 g/mol. The molecule has 1 N–H and O–H groups in total. The second kappa shape index (κ2) is 3.74. The smallest absolute Gasteiger partial charge is 0.140 e. The van der Waals surface area contributed by atoms with Crippen LogP contribution >= 0.6 is 15.9 Å². The maximum absolute atomic E-state index is 8.70. The van der Waals surface area contributed by atoms with Gasteiger partial charge in [-0.15, -0.1) is 0 Å². The van der Waals surface area contributed by atoms with E-state index in [-0.39, 0.29) is 6.61 Å². The Morgan fingerprint density at radius 3 is 3.00 bits per heavy atom. The number of aliphatic hydroxyl groups is 1. The zero-order valence-electron chi connectivity index (χ0n) is 6.17. The van der Waals surface area contributed by atoms with Crippen LogP contribution in [-0.2, 0) is 0 Å². The van der Waals surface area contributed by atoms with E-state index in [9.17, 15) is 0 Å². The first kappa shape index (κ1) is 8.56. The molecule has 11 heavy (non-hydrogen) atoms. The molecule has 0 radical (unpaired) electrons. The van der Waals surface area contributed by atoms with Crippen molar-refractivity contribution in [2.24, 2.45) is 0 Å². The summed E-state index contributed by atoms with van der Waals surface area (Å²) in [5.41, 5.74) is 0.876. The van der Waals surface area contributed by atoms with E-state index >= 15 is 0 Å². The van der Waals surface area contributed by atoms with Crippen LogP contribution in [0.2, 0.25) is 0 Å². The summed E-state index contributed by atoms with van der Waals surface area (Å²) in [6.45, 7) is 1.90. The topological polar surface area (TPSA) is 33.4 Å². The van der Waals surface area contributed by atoms with Crippen molar-refractivity contribution in [3.63, 3.8) is 0 Å². The van der Waals surface area contributed by atoms with Crippen LogP contribution in [0.15, 0.2) is 26.8 Å². The lowest BCUT2D eigenvalue weighted by Gasteiger charge is -1.92. The largest absolute Gasteiger partial charge is 0.464 e. The van der Waals surface area contributed by atoms with E-state index < -0.39 is 0 Å². The van der Waals surface area contributed by atoms with Crippen LogP contribution in [0, 0.1) is 0 Å². The van der Waals surface area contributed by atoms with E-state index in [4.69, 9.17) is 9.52 Å². The third-order valence-corrected chi connectivity index (χ3v) is 1.93. The molecule has 2 nitrogen and oxygen atoms in total. The lowest BCUT2D eigenvalue weighted by molar-refractivity contribution is 0.332. The van der Waals surface area contributed by atoms with Crippen molar-refractivity contribution in [2.75, 3.05) is 6.61 Å². The average Bonchev–Trinajstić information content (AvgIpc) is 2.37. The Kier molecular flexibility index (Phi) is 2.91. The molecule has 0 atom stereocenters. The van der Waals surface area contributed by atoms with Crippen molar-refractivity contribution in [3.05, 3.63) is 28.1 Å². The number of aliphatic hydroxyl groups excluding tert-OH is 1. The molecule has 1 rings (SSSR count). The average molecular weight is 217 g/mol. The molecule has 0 spiro atoms. The van der Waals surface area contributed by atoms with E-state index in [2.05, 4.69) is 15.9 Å². The Labute approximate surface area is 73.7 Å². The van der Waals surface area contributed by atoms with Crippen molar-refractivity contribution in [3.8, 4) is 0 Å². The summed E-state index contributed by atoms with van der Waals surface area (Å²) in [5.74, 6) is 0.747. The summed E-state index contributed by atoms with van der Waals surface area (Å²) in [6, 6.07) is 1.82. The van der Waals surface area contributed by atoms with Gasteiger partial charge in [0.1, 0.15) is 5.76 Å². The Morgan fingerprint density at radius 2 is 2.55 bits per heavy atom. The van der Waals surface area contributed by atoms with E-state index in [1.807, 2.05) is 13.0 Å². The normalized spacial score (nSPS) is 12.1. The molecule has 0 unspecified atom stereocenters. The number of hydrogen-bond acceptors (Lipinski definition) is 2. The number of hydrogen-bond donors (Lipinski definition) is 1. The molecule has 0 fully saturated rings. The van der Waals surface area contributed by atoms with Crippen molar-refractivity contribution in [1.82, 2.24) is 0 Å². The molecule has 1 aromatic heterocycles. The third-order valence-electron chi connectivity index (χ3n) is 1.27. The highest BCUT2D eigenvalue weighted by molar-refractivity contribution is 9.10. The maximum Gasteiger partial charge on any atom is 0.140 e. The molecule has 0 amide bonds. The Balaban J connectivity index is 2.86. The summed E-state index contributed by atoms with van der Waals surface area (Å²) in [5, 5.41) is 8.70. The van der Waals surface area contributed by atoms with Crippen LogP contribution in [0.1, 0.15) is 12.7 Å². The van der Waals surface area contributed by atoms with Gasteiger partial charge >= 0.3 is 0 Å². The standard InChI is InChI=1S/C8H9BrO2/c1-6(5-10)4-8-7(9)2-3-11-8/h2-4,10H,5H2,1H3/b6-4-. The Hall–Kier alpha value is -0.540. The lowest BCUT2D eigenvalue weighted by atomic mass is 10.3. The van der Waals surface area contributed by atoms with Crippen LogP contribution in [0.3, 0.4) is 0 Å². The molecule has 0 saturated carbocycles. The van der Waals surface area contributed by atoms with Gasteiger partial charge in [-0.25, -0.2) is 0 Å². The van der Waals surface area contributed by atoms with Gasteiger partial charge < -0.3 is 9.52 Å². The van der Waals surface area contributed by atoms with Gasteiger partial charge in [0.05, 0.1) is 17.3 Å². The fourth-order valence-electron chi connectivity index (χ4n) is 0.678. The minimum Gasteiger partial charge on any atom is -0.464 e. The van der Waals surface area contributed by atoms with Gasteiger partial charge in [-0.05, 0) is 40.6 Å². The van der Waals surface area contributed by atoms with Gasteiger partial charge in [0.15, 0.2) is 0 Å². The van der Waals surface area contributed by atoms with Crippen LogP contribution in [0.5, 0.6) is 0 Å². The van der Waals surface area contributed by atoms with Crippen molar-refractivity contribution < 1.29 is 9.52 Å². The van der Waals surface area contributed by atoms with E-state index in [0.29, 0.717) is 0 Å². The van der Waals surface area contributed by atoms with Crippen LogP contribution < -0.4 is 0 Å². The minimum absolute atomic E-state index is 0.0626. The summed E-state index contributed by atoms with van der Waals surface area (Å²) in [4.78, 5) is 0. The highest BCUT2D eigenvalue weighted by atomic mass is 79.9. The Morgan fingerprint density at radius 1 is 1.82 bits per heavy atom. The van der Waals surface area contributed by atoms with E-state index in [0.717, 1.165) is 15.8 Å². The third kappa shape index (κ3) is 2.20. The lowest BCUT2D eigenvalue weighted by Crippen LogP contribution is -1.82. The first-order valence-electron chi connectivity index (χ1n) is 3.25. The summed E-state index contributed by atoms with van der Waals surface area (Å²) >= 11 is 3.30. The number of rotatable bonds is 2. The highest BCUT2D eigenvalue weighted by Gasteiger charge is 1.98. The van der Waals surface area contributed by atoms with Gasteiger partial charge in [0.25, 0.3) is 0 Å². The molecule has 1 aromatic rings. The van der Waals surface area contributed by atoms with Crippen molar-refractivity contribution in [2.45, 2.75) is 6.92 Å². The van der Waals surface area contributed by atoms with Gasteiger partial charge in [-0.3, -0.25) is 0 Å². The van der Waals surface area contributed by atoms with Gasteiger partial charge in [0, 0.05) is 0 Å². The first-order valence-corrected chi connectivity index (χ1v) is 4.04. The number of furan rings is 1. The minimum atomic E-state index is 0.0626. The van der Waals surface area contributed by atoms with Crippen molar-refractivity contribution in [1.29, 1.82) is 0 Å². The summed E-state index contributed by atoms with van der Waals surface area (Å²) in [7, 11) is 0. The zero-order chi connectivity index (χ0) is 8.27. The molecule has 3 heteroatoms. The Bertz CT molecular complexity index is 263. The highest BCUT2D eigenvalue weighted by Crippen LogP contribution is 2.19. The van der Waals surface area contributed by atoms with Crippen LogP contribution in [-0.4, -0.2) is 11.7 Å². The van der Waals surface area contributed by atoms with Gasteiger partial charge in [-0.1, -0.05) is 0 Å². The van der Waals surface area contributed by atoms with Crippen LogP contribution in [0.25, 0.3) is 6.08 Å². The van der Waals surface area contributed by atoms with Crippen LogP contribution in [0.4, 0.5) is 0 Å². The zero-order valence-corrected chi connectivity index (χ0v) is 7.76. The second-order valence-corrected chi connectivity index (χ2v) is 3.14. The molecule has 0 bridgehead atoms. The molecule has 0 aromatic carbocycles. The molecule has 0 aliphatic carbocycles. The molecule has 0 aliphatic heterocycles. The maximum atomic E-state index is 8.70. The monoisotopic (exact) mass is 216 g/mol. The molecule has 60 valence electrons. The second-order valence-electron chi connectivity index (χ2n) is 2.28. The predicted molar refractivity (Wildman–Crippen MR) is 47.1 cm³/mol. The quantitative estimate of drug-likeness (QED) is 0.825. The van der Waals surface area contributed by atoms with Gasteiger partial charge in [0.2, 0.25) is 0 Å². The fraction of sp³-hybridized carbons (Fsp3) is 0.250. The predicted octanol–water partition coefficient (Wildman–Crippen LogP) is 2.44. The first-order chi connectivity index (χ1) is 5.24. The number of halogens is 1. The van der Waals surface area contributed by atoms with E-state index in [1.165, 1.54) is 0 Å². The van der Waals surface area contributed by atoms with E-state index in [1.54, 1.807) is 12.3 Å². The SMILES string of the molecule is C/C(=C/c1occc1Br)CO. The molecule has 0 aliphatic rings. The van der Waals surface area contributed by atoms with Crippen molar-refractivity contribution >= 4 is 22.0 Å². The molecular formula is C8H9BrO2. The summed E-state index contributed by atoms with van der Waals surface area (Å²) < 4.78 is 6.01. The molecule has 1 heterocycles.